The molecule has 1 heteroatoms. The summed E-state index contributed by atoms with van der Waals surface area (Å²) in [5, 5.41) is 7.32. The molecular formula is C44H30O. The summed E-state index contributed by atoms with van der Waals surface area (Å²) in [5.74, 6) is 0. The third-order valence-electron chi connectivity index (χ3n) is 9.34. The van der Waals surface area contributed by atoms with Gasteiger partial charge in [0.15, 0.2) is 0 Å². The average Bonchev–Trinajstić information content (AvgIpc) is 3.50. The summed E-state index contributed by atoms with van der Waals surface area (Å²) in [6, 6.07) is 50.6. The van der Waals surface area contributed by atoms with Gasteiger partial charge >= 0.3 is 0 Å². The summed E-state index contributed by atoms with van der Waals surface area (Å²) in [6.07, 6.45) is 8.88. The van der Waals surface area contributed by atoms with Gasteiger partial charge in [-0.1, -0.05) is 133 Å². The van der Waals surface area contributed by atoms with E-state index in [-0.39, 0.29) is 0 Å². The predicted molar refractivity (Wildman–Crippen MR) is 191 cm³/mol. The zero-order chi connectivity index (χ0) is 29.7. The molecule has 1 aliphatic carbocycles. The molecule has 1 aromatic heterocycles. The lowest BCUT2D eigenvalue weighted by Crippen LogP contribution is -1.93. The second-order valence-electron chi connectivity index (χ2n) is 11.9. The molecule has 0 spiro atoms. The quantitative estimate of drug-likeness (QED) is 0.191. The zero-order valence-corrected chi connectivity index (χ0v) is 24.8. The number of allylic oxidation sites excluding steroid dienone is 4. The smallest absolute Gasteiger partial charge is 0.136 e. The fourth-order valence-electron chi connectivity index (χ4n) is 7.29. The fourth-order valence-corrected chi connectivity index (χ4v) is 7.29. The van der Waals surface area contributed by atoms with Gasteiger partial charge in [-0.25, -0.2) is 0 Å². The second kappa shape index (κ2) is 10.5. The van der Waals surface area contributed by atoms with Crippen molar-refractivity contribution in [1.82, 2.24) is 0 Å². The molecule has 0 saturated heterocycles. The first kappa shape index (κ1) is 25.8. The van der Waals surface area contributed by atoms with Crippen molar-refractivity contribution in [2.24, 2.45) is 0 Å². The van der Waals surface area contributed by atoms with E-state index in [9.17, 15) is 0 Å². The number of rotatable bonds is 4. The van der Waals surface area contributed by atoms with Crippen molar-refractivity contribution in [1.29, 1.82) is 0 Å². The number of hydrogen-bond donors (Lipinski definition) is 0. The molecule has 0 N–H and O–H groups in total. The van der Waals surface area contributed by atoms with Crippen molar-refractivity contribution >= 4 is 49.1 Å². The van der Waals surface area contributed by atoms with Gasteiger partial charge in [-0.3, -0.25) is 0 Å². The molecular weight excluding hydrogens is 544 g/mol. The number of furan rings is 1. The van der Waals surface area contributed by atoms with E-state index in [0.29, 0.717) is 0 Å². The Morgan fingerprint density at radius 2 is 1.11 bits per heavy atom. The van der Waals surface area contributed by atoms with E-state index < -0.39 is 0 Å². The number of hydrogen-bond acceptors (Lipinski definition) is 1. The lowest BCUT2D eigenvalue weighted by molar-refractivity contribution is 0.669. The number of fused-ring (bicyclic) bond motifs is 5. The summed E-state index contributed by atoms with van der Waals surface area (Å²) in [5.41, 5.74) is 11.9. The summed E-state index contributed by atoms with van der Waals surface area (Å²) >= 11 is 0. The Labute approximate surface area is 262 Å². The van der Waals surface area contributed by atoms with Crippen LogP contribution in [0.5, 0.6) is 0 Å². The first-order valence-electron chi connectivity index (χ1n) is 15.7. The highest BCUT2D eigenvalue weighted by Gasteiger charge is 2.20. The third kappa shape index (κ3) is 4.24. The van der Waals surface area contributed by atoms with Crippen LogP contribution in [0.2, 0.25) is 0 Å². The molecule has 0 saturated carbocycles. The summed E-state index contributed by atoms with van der Waals surface area (Å²) < 4.78 is 6.48. The van der Waals surface area contributed by atoms with Crippen molar-refractivity contribution in [3.63, 3.8) is 0 Å². The maximum absolute atomic E-state index is 6.48. The Hall–Kier alpha value is -5.66. The van der Waals surface area contributed by atoms with Crippen molar-refractivity contribution < 1.29 is 4.42 Å². The molecule has 1 nitrogen and oxygen atoms in total. The van der Waals surface area contributed by atoms with Crippen molar-refractivity contribution in [2.75, 3.05) is 0 Å². The van der Waals surface area contributed by atoms with Crippen molar-refractivity contribution in [3.8, 4) is 33.4 Å². The van der Waals surface area contributed by atoms with Crippen LogP contribution in [0.4, 0.5) is 0 Å². The Balaban J connectivity index is 1.35. The molecule has 0 bridgehead atoms. The largest absolute Gasteiger partial charge is 0.456 e. The molecule has 0 unspecified atom stereocenters. The molecule has 8 aromatic rings. The van der Waals surface area contributed by atoms with Gasteiger partial charge in [0.05, 0.1) is 0 Å². The first-order valence-corrected chi connectivity index (χ1v) is 15.7. The van der Waals surface area contributed by atoms with Gasteiger partial charge in [0.2, 0.25) is 0 Å². The van der Waals surface area contributed by atoms with Gasteiger partial charge in [-0.05, 0) is 103 Å². The predicted octanol–water partition coefficient (Wildman–Crippen LogP) is 12.6. The molecule has 1 heterocycles. The minimum absolute atomic E-state index is 0.908. The highest BCUT2D eigenvalue weighted by molar-refractivity contribution is 6.25. The summed E-state index contributed by atoms with van der Waals surface area (Å²) in [7, 11) is 0. The van der Waals surface area contributed by atoms with Gasteiger partial charge in [0.1, 0.15) is 11.2 Å². The van der Waals surface area contributed by atoms with Gasteiger partial charge < -0.3 is 4.42 Å². The molecule has 0 aliphatic heterocycles. The minimum Gasteiger partial charge on any atom is -0.456 e. The third-order valence-corrected chi connectivity index (χ3v) is 9.34. The Morgan fingerprint density at radius 3 is 1.84 bits per heavy atom. The van der Waals surface area contributed by atoms with E-state index in [4.69, 9.17) is 4.42 Å². The van der Waals surface area contributed by atoms with Crippen LogP contribution in [-0.2, 0) is 0 Å². The SMILES string of the molecule is C1=CCCC(c2cccc(-c3c4ccccc4c(-c4cccc5oc6ccc(-c7ccccc7)cc6c45)c4ccccc34)c2)=C1. The van der Waals surface area contributed by atoms with Crippen LogP contribution in [-0.4, -0.2) is 0 Å². The zero-order valence-electron chi connectivity index (χ0n) is 24.8. The molecule has 9 rings (SSSR count). The average molecular weight is 575 g/mol. The van der Waals surface area contributed by atoms with Gasteiger partial charge in [0, 0.05) is 10.8 Å². The van der Waals surface area contributed by atoms with Crippen LogP contribution >= 0.6 is 0 Å². The van der Waals surface area contributed by atoms with Gasteiger partial charge in [-0.2, -0.15) is 0 Å². The minimum atomic E-state index is 0.908. The Bertz CT molecular complexity index is 2410. The van der Waals surface area contributed by atoms with E-state index >= 15 is 0 Å². The Morgan fingerprint density at radius 1 is 0.444 bits per heavy atom. The highest BCUT2D eigenvalue weighted by atomic mass is 16.3. The summed E-state index contributed by atoms with van der Waals surface area (Å²) in [4.78, 5) is 0. The second-order valence-corrected chi connectivity index (χ2v) is 11.9. The summed E-state index contributed by atoms with van der Waals surface area (Å²) in [6.45, 7) is 0. The van der Waals surface area contributed by atoms with E-state index in [1.807, 2.05) is 0 Å². The van der Waals surface area contributed by atoms with E-state index in [2.05, 4.69) is 158 Å². The van der Waals surface area contributed by atoms with E-state index in [1.165, 1.54) is 66.1 Å². The van der Waals surface area contributed by atoms with E-state index in [0.717, 1.165) is 34.8 Å². The standard InChI is InChI=1S/C44H30O/c1-3-13-29(14-4-1)31-17-11-18-33(27-31)42-34-19-7-9-21-36(34)43(37-22-10-8-20-35(37)42)38-23-12-24-41-44(38)39-28-32(25-26-40(39)45-41)30-15-5-2-6-16-30/h1-3,5-13,15-28H,4,14H2. The Kier molecular flexibility index (Phi) is 6.02. The molecule has 7 aromatic carbocycles. The molecule has 0 atom stereocenters. The normalized spacial score (nSPS) is 13.2. The van der Waals surface area contributed by atoms with Crippen LogP contribution in [0.15, 0.2) is 162 Å². The monoisotopic (exact) mass is 574 g/mol. The first-order chi connectivity index (χ1) is 22.3. The number of benzene rings is 7. The molecule has 1 aliphatic rings. The van der Waals surface area contributed by atoms with Crippen LogP contribution in [0, 0.1) is 0 Å². The lowest BCUT2D eigenvalue weighted by Gasteiger charge is -2.19. The van der Waals surface area contributed by atoms with Crippen LogP contribution in [0.1, 0.15) is 18.4 Å². The topological polar surface area (TPSA) is 13.1 Å². The molecule has 45 heavy (non-hydrogen) atoms. The maximum Gasteiger partial charge on any atom is 0.136 e. The fraction of sp³-hybridized carbons (Fsp3) is 0.0455. The molecule has 212 valence electrons. The van der Waals surface area contributed by atoms with Crippen molar-refractivity contribution in [2.45, 2.75) is 12.8 Å². The van der Waals surface area contributed by atoms with E-state index in [1.54, 1.807) is 0 Å². The maximum atomic E-state index is 6.48. The van der Waals surface area contributed by atoms with Crippen LogP contribution < -0.4 is 0 Å². The van der Waals surface area contributed by atoms with Crippen LogP contribution in [0.3, 0.4) is 0 Å². The van der Waals surface area contributed by atoms with Gasteiger partial charge in [0.25, 0.3) is 0 Å². The molecule has 0 amide bonds. The lowest BCUT2D eigenvalue weighted by atomic mass is 9.84. The molecule has 0 radical (unpaired) electrons. The van der Waals surface area contributed by atoms with Crippen LogP contribution in [0.25, 0.3) is 82.4 Å². The molecule has 0 fully saturated rings. The van der Waals surface area contributed by atoms with Gasteiger partial charge in [-0.15, -0.1) is 0 Å². The highest BCUT2D eigenvalue weighted by Crippen LogP contribution is 2.47. The van der Waals surface area contributed by atoms with Crippen molar-refractivity contribution in [3.05, 3.63) is 163 Å².